The van der Waals surface area contributed by atoms with Crippen LogP contribution in [0.5, 0.6) is 0 Å². The number of hydrogen-bond donors (Lipinski definition) is 1. The van der Waals surface area contributed by atoms with Crippen molar-refractivity contribution >= 4 is 54.1 Å². The molecule has 6 heterocycles. The fourth-order valence-electron chi connectivity index (χ4n) is 6.58. The zero-order valence-corrected chi connectivity index (χ0v) is 28.5. The first kappa shape index (κ1) is 31.7. The molecule has 13 heteroatoms. The van der Waals surface area contributed by atoms with E-state index in [4.69, 9.17) is 20.4 Å². The molecule has 47 heavy (non-hydrogen) atoms. The van der Waals surface area contributed by atoms with Crippen LogP contribution in [0.25, 0.3) is 31.6 Å². The Morgan fingerprint density at radius 2 is 1.70 bits per heavy atom. The number of nitrogens with two attached hydrogens (primary N) is 1. The SMILES string of the molecule is Cc1cc2c(-c3cc4c(N5CCOCC5)nc(CN5CCN(C(C)(C)C(N)=O)CC5)cc4s3)nccc2n1S(=O)(=O)c1ccccc1. The van der Waals surface area contributed by atoms with Gasteiger partial charge in [-0.3, -0.25) is 19.6 Å². The van der Waals surface area contributed by atoms with Gasteiger partial charge < -0.3 is 15.4 Å². The molecular weight excluding hydrogens is 635 g/mol. The minimum atomic E-state index is -3.80. The molecule has 2 N–H and O–H groups in total. The number of rotatable bonds is 8. The molecule has 0 atom stereocenters. The second-order valence-electron chi connectivity index (χ2n) is 12.7. The first-order chi connectivity index (χ1) is 22.5. The maximum atomic E-state index is 13.7. The number of anilines is 1. The Morgan fingerprint density at radius 3 is 2.40 bits per heavy atom. The monoisotopic (exact) mass is 673 g/mol. The number of morpholine rings is 1. The van der Waals surface area contributed by atoms with Crippen molar-refractivity contribution in [1.29, 1.82) is 0 Å². The summed E-state index contributed by atoms with van der Waals surface area (Å²) in [4.78, 5) is 30.0. The van der Waals surface area contributed by atoms with Crippen LogP contribution in [0.3, 0.4) is 0 Å². The van der Waals surface area contributed by atoms with Crippen LogP contribution >= 0.6 is 11.3 Å². The number of thiophene rings is 1. The molecular formula is C34H39N7O4S2. The third-order valence-corrected chi connectivity index (χ3v) is 12.3. The fourth-order valence-corrected chi connectivity index (χ4v) is 9.27. The molecule has 0 spiro atoms. The van der Waals surface area contributed by atoms with Gasteiger partial charge in [-0.2, -0.15) is 0 Å². The summed E-state index contributed by atoms with van der Waals surface area (Å²) in [7, 11) is -3.80. The van der Waals surface area contributed by atoms with E-state index in [-0.39, 0.29) is 10.8 Å². The van der Waals surface area contributed by atoms with Gasteiger partial charge in [-0.05, 0) is 57.2 Å². The summed E-state index contributed by atoms with van der Waals surface area (Å²) < 4.78 is 35.6. The van der Waals surface area contributed by atoms with E-state index in [1.165, 1.54) is 3.97 Å². The smallest absolute Gasteiger partial charge is 0.268 e. The Kier molecular flexibility index (Phi) is 8.29. The van der Waals surface area contributed by atoms with Crippen molar-refractivity contribution in [1.82, 2.24) is 23.7 Å². The molecule has 0 bridgehead atoms. The van der Waals surface area contributed by atoms with Crippen LogP contribution in [0.1, 0.15) is 25.2 Å². The summed E-state index contributed by atoms with van der Waals surface area (Å²) in [5.41, 5.74) is 7.95. The van der Waals surface area contributed by atoms with Crippen LogP contribution in [0.4, 0.5) is 5.82 Å². The number of fused-ring (bicyclic) bond motifs is 2. The number of aryl methyl sites for hydroxylation is 1. The molecule has 0 radical (unpaired) electrons. The maximum absolute atomic E-state index is 13.7. The van der Waals surface area contributed by atoms with E-state index >= 15 is 0 Å². The second-order valence-corrected chi connectivity index (χ2v) is 15.6. The Hall–Kier alpha value is -3.88. The molecule has 2 fully saturated rings. The number of ether oxygens (including phenoxy) is 1. The van der Waals surface area contributed by atoms with Gasteiger partial charge in [-0.1, -0.05) is 18.2 Å². The molecule has 5 aromatic rings. The van der Waals surface area contributed by atoms with Gasteiger partial charge in [0.15, 0.2) is 0 Å². The van der Waals surface area contributed by atoms with E-state index in [9.17, 15) is 13.2 Å². The van der Waals surface area contributed by atoms with Gasteiger partial charge in [0.2, 0.25) is 5.91 Å². The van der Waals surface area contributed by atoms with Crippen molar-refractivity contribution in [3.63, 3.8) is 0 Å². The third-order valence-electron chi connectivity index (χ3n) is 9.39. The Balaban J connectivity index is 1.26. The molecule has 246 valence electrons. The van der Waals surface area contributed by atoms with Crippen LogP contribution in [-0.2, 0) is 26.1 Å². The molecule has 1 aromatic carbocycles. The highest BCUT2D eigenvalue weighted by atomic mass is 32.2. The first-order valence-corrected chi connectivity index (χ1v) is 18.1. The van der Waals surface area contributed by atoms with Gasteiger partial charge in [-0.15, -0.1) is 11.3 Å². The zero-order valence-electron chi connectivity index (χ0n) is 26.8. The van der Waals surface area contributed by atoms with Crippen molar-refractivity contribution < 1.29 is 17.9 Å². The summed E-state index contributed by atoms with van der Waals surface area (Å²) in [6.07, 6.45) is 1.68. The minimum Gasteiger partial charge on any atom is -0.378 e. The zero-order chi connectivity index (χ0) is 32.9. The number of carbonyl (C=O) groups excluding carboxylic acids is 1. The molecule has 4 aromatic heterocycles. The molecule has 2 aliphatic heterocycles. The van der Waals surface area contributed by atoms with Crippen molar-refractivity contribution in [3.8, 4) is 10.6 Å². The highest BCUT2D eigenvalue weighted by molar-refractivity contribution is 7.90. The number of amides is 1. The number of pyridine rings is 2. The van der Waals surface area contributed by atoms with Crippen molar-refractivity contribution in [2.75, 3.05) is 57.4 Å². The van der Waals surface area contributed by atoms with Gasteiger partial charge in [0, 0.05) is 73.2 Å². The number of primary amides is 1. The number of piperazine rings is 1. The Labute approximate surface area is 278 Å². The van der Waals surface area contributed by atoms with Crippen molar-refractivity contribution in [3.05, 3.63) is 72.2 Å². The number of hydrogen-bond acceptors (Lipinski definition) is 10. The van der Waals surface area contributed by atoms with E-state index in [2.05, 4.69) is 26.8 Å². The van der Waals surface area contributed by atoms with Gasteiger partial charge in [0.1, 0.15) is 5.82 Å². The quantitative estimate of drug-likeness (QED) is 0.259. The lowest BCUT2D eigenvalue weighted by Crippen LogP contribution is -2.59. The van der Waals surface area contributed by atoms with Gasteiger partial charge in [0.25, 0.3) is 10.0 Å². The number of carbonyl (C=O) groups is 1. The fraction of sp³-hybridized carbons (Fsp3) is 0.382. The van der Waals surface area contributed by atoms with Gasteiger partial charge in [-0.25, -0.2) is 17.4 Å². The topological polar surface area (TPSA) is 127 Å². The lowest BCUT2D eigenvalue weighted by Gasteiger charge is -2.42. The summed E-state index contributed by atoms with van der Waals surface area (Å²) in [6, 6.07) is 16.5. The van der Waals surface area contributed by atoms with Crippen LogP contribution in [0.15, 0.2) is 65.7 Å². The van der Waals surface area contributed by atoms with Crippen LogP contribution in [0, 0.1) is 6.92 Å². The van der Waals surface area contributed by atoms with Gasteiger partial charge >= 0.3 is 0 Å². The van der Waals surface area contributed by atoms with Crippen molar-refractivity contribution in [2.45, 2.75) is 37.8 Å². The summed E-state index contributed by atoms with van der Waals surface area (Å²) in [5, 5.41) is 1.84. The Bertz CT molecular complexity index is 2060. The average molecular weight is 674 g/mol. The molecule has 0 saturated carbocycles. The maximum Gasteiger partial charge on any atom is 0.268 e. The lowest BCUT2D eigenvalue weighted by molar-refractivity contribution is -0.129. The normalized spacial score (nSPS) is 17.1. The lowest BCUT2D eigenvalue weighted by atomic mass is 10.0. The van der Waals surface area contributed by atoms with Crippen molar-refractivity contribution in [2.24, 2.45) is 5.73 Å². The predicted molar refractivity (Wildman–Crippen MR) is 185 cm³/mol. The predicted octanol–water partition coefficient (Wildman–Crippen LogP) is 4.08. The number of nitrogens with zero attached hydrogens (tertiary/aromatic N) is 6. The molecule has 11 nitrogen and oxygen atoms in total. The molecule has 0 aliphatic carbocycles. The molecule has 2 saturated heterocycles. The van der Waals surface area contributed by atoms with E-state index < -0.39 is 15.6 Å². The number of aromatic nitrogens is 3. The minimum absolute atomic E-state index is 0.243. The largest absolute Gasteiger partial charge is 0.378 e. The standard InChI is InChI=1S/C34H39N7O4S2/c1-23-19-26-28(41(23)47(43,44)25-7-5-4-6-8-25)9-10-36-31(26)30-21-27-29(46-30)20-24(37-32(27)39-15-17-45-18-16-39)22-38-11-13-40(14-12-38)34(2,3)33(35)42/h4-10,19-21H,11-18,22H2,1-3H3,(H2,35,42). The highest BCUT2D eigenvalue weighted by Gasteiger charge is 2.35. The van der Waals surface area contributed by atoms with E-state index in [0.717, 1.165) is 76.8 Å². The average Bonchev–Trinajstić information content (AvgIpc) is 3.66. The molecule has 2 aliphatic rings. The van der Waals surface area contributed by atoms with Gasteiger partial charge in [0.05, 0.1) is 45.4 Å². The van der Waals surface area contributed by atoms with Crippen LogP contribution in [0.2, 0.25) is 0 Å². The summed E-state index contributed by atoms with van der Waals surface area (Å²) in [6.45, 7) is 12.2. The van der Waals surface area contributed by atoms with E-state index in [1.54, 1.807) is 47.9 Å². The summed E-state index contributed by atoms with van der Waals surface area (Å²) in [5.74, 6) is 0.626. The Morgan fingerprint density at radius 1 is 0.979 bits per heavy atom. The molecule has 1 amide bonds. The molecule has 7 rings (SSSR count). The molecule has 0 unspecified atom stereocenters. The second kappa shape index (κ2) is 12.3. The van der Waals surface area contributed by atoms with E-state index in [0.29, 0.717) is 31.0 Å². The first-order valence-electron chi connectivity index (χ1n) is 15.9. The van der Waals surface area contributed by atoms with E-state index in [1.807, 2.05) is 32.9 Å². The van der Waals surface area contributed by atoms with Crippen LogP contribution < -0.4 is 10.6 Å². The number of benzene rings is 1. The van der Waals surface area contributed by atoms with Crippen LogP contribution in [-0.4, -0.2) is 96.1 Å². The third kappa shape index (κ3) is 5.80. The summed E-state index contributed by atoms with van der Waals surface area (Å²) >= 11 is 1.65. The highest BCUT2D eigenvalue weighted by Crippen LogP contribution is 2.41.